The molecule has 5 heteroatoms. The first-order valence-corrected chi connectivity index (χ1v) is 10.9. The predicted octanol–water partition coefficient (Wildman–Crippen LogP) is 5.70. The highest BCUT2D eigenvalue weighted by molar-refractivity contribution is 6.46. The summed E-state index contributed by atoms with van der Waals surface area (Å²) in [6.07, 6.45) is 0. The lowest BCUT2D eigenvalue weighted by atomic mass is 9.87. The number of anilines is 2. The fourth-order valence-electron chi connectivity index (χ4n) is 3.82. The summed E-state index contributed by atoms with van der Waals surface area (Å²) in [5, 5.41) is 3.23. The molecule has 3 aromatic rings. The molecule has 2 amide bonds. The number of rotatable bonds is 5. The van der Waals surface area contributed by atoms with Gasteiger partial charge in [-0.1, -0.05) is 68.8 Å². The van der Waals surface area contributed by atoms with Crippen molar-refractivity contribution in [1.29, 1.82) is 0 Å². The zero-order valence-corrected chi connectivity index (χ0v) is 19.6. The van der Waals surface area contributed by atoms with Crippen molar-refractivity contribution < 1.29 is 14.3 Å². The molecule has 33 heavy (non-hydrogen) atoms. The Morgan fingerprint density at radius 3 is 2.12 bits per heavy atom. The van der Waals surface area contributed by atoms with Crippen LogP contribution in [0.5, 0.6) is 5.75 Å². The molecule has 0 fully saturated rings. The van der Waals surface area contributed by atoms with Crippen molar-refractivity contribution >= 4 is 28.8 Å². The van der Waals surface area contributed by atoms with E-state index in [4.69, 9.17) is 4.74 Å². The Labute approximate surface area is 194 Å². The van der Waals surface area contributed by atoms with Crippen LogP contribution in [0.2, 0.25) is 0 Å². The van der Waals surface area contributed by atoms with Crippen molar-refractivity contribution in [3.05, 3.63) is 95.2 Å². The van der Waals surface area contributed by atoms with Crippen molar-refractivity contribution in [2.24, 2.45) is 0 Å². The molecule has 0 aromatic heterocycles. The second kappa shape index (κ2) is 8.58. The molecule has 0 aliphatic carbocycles. The van der Waals surface area contributed by atoms with E-state index >= 15 is 0 Å². The summed E-state index contributed by atoms with van der Waals surface area (Å²) in [4.78, 5) is 28.3. The lowest BCUT2D eigenvalue weighted by Gasteiger charge is -2.19. The molecule has 1 aliphatic rings. The first kappa shape index (κ1) is 22.3. The maximum absolute atomic E-state index is 13.6. The number of carbonyl (C=O) groups excluding carboxylic acids is 2. The number of hydrogen-bond donors (Lipinski definition) is 1. The zero-order valence-electron chi connectivity index (χ0n) is 19.6. The van der Waals surface area contributed by atoms with Crippen LogP contribution < -0.4 is 15.0 Å². The molecule has 5 nitrogen and oxygen atoms in total. The van der Waals surface area contributed by atoms with Crippen LogP contribution in [0.3, 0.4) is 0 Å². The number of hydrogen-bond acceptors (Lipinski definition) is 4. The molecule has 0 spiro atoms. The molecule has 1 heterocycles. The van der Waals surface area contributed by atoms with Gasteiger partial charge in [0.05, 0.1) is 18.4 Å². The van der Waals surface area contributed by atoms with Crippen LogP contribution in [-0.2, 0) is 15.0 Å². The van der Waals surface area contributed by atoms with Crippen molar-refractivity contribution in [2.45, 2.75) is 33.1 Å². The number of nitrogens with zero attached hydrogens (tertiary/aromatic N) is 1. The van der Waals surface area contributed by atoms with Crippen molar-refractivity contribution in [3.8, 4) is 5.75 Å². The molecule has 0 saturated heterocycles. The lowest BCUT2D eigenvalue weighted by Crippen LogP contribution is -2.32. The van der Waals surface area contributed by atoms with Gasteiger partial charge < -0.3 is 10.1 Å². The van der Waals surface area contributed by atoms with Gasteiger partial charge in [-0.25, -0.2) is 4.90 Å². The average Bonchev–Trinajstić information content (AvgIpc) is 3.03. The number of benzene rings is 3. The Morgan fingerprint density at radius 1 is 0.848 bits per heavy atom. The molecule has 168 valence electrons. The monoisotopic (exact) mass is 440 g/mol. The number of methoxy groups -OCH3 is 1. The van der Waals surface area contributed by atoms with Crippen LogP contribution >= 0.6 is 0 Å². The smallest absolute Gasteiger partial charge is 0.282 e. The fourth-order valence-corrected chi connectivity index (χ4v) is 3.82. The predicted molar refractivity (Wildman–Crippen MR) is 132 cm³/mol. The summed E-state index contributed by atoms with van der Waals surface area (Å²) >= 11 is 0. The largest absolute Gasteiger partial charge is 0.497 e. The van der Waals surface area contributed by atoms with E-state index in [0.717, 1.165) is 11.3 Å². The van der Waals surface area contributed by atoms with Gasteiger partial charge >= 0.3 is 0 Å². The molecule has 3 aromatic carbocycles. The lowest BCUT2D eigenvalue weighted by molar-refractivity contribution is -0.120. The highest BCUT2D eigenvalue weighted by Crippen LogP contribution is 2.35. The van der Waals surface area contributed by atoms with Gasteiger partial charge in [-0.2, -0.15) is 0 Å². The van der Waals surface area contributed by atoms with E-state index < -0.39 is 5.91 Å². The SMILES string of the molecule is COc1cccc(N2C(=O)C(Nc3ccc(C(C)(C)C)cc3)=C(c3ccc(C)cc3)C2=O)c1. The fraction of sp³-hybridized carbons (Fsp3) is 0.214. The van der Waals surface area contributed by atoms with Gasteiger partial charge in [-0.05, 0) is 47.7 Å². The molecule has 0 radical (unpaired) electrons. The molecule has 0 unspecified atom stereocenters. The van der Waals surface area contributed by atoms with E-state index in [-0.39, 0.29) is 17.0 Å². The molecular formula is C28H28N2O3. The van der Waals surface area contributed by atoms with E-state index in [0.29, 0.717) is 22.6 Å². The zero-order chi connectivity index (χ0) is 23.8. The minimum atomic E-state index is -0.399. The van der Waals surface area contributed by atoms with E-state index in [9.17, 15) is 9.59 Å². The summed E-state index contributed by atoms with van der Waals surface area (Å²) in [5.41, 5.74) is 4.80. The summed E-state index contributed by atoms with van der Waals surface area (Å²) in [7, 11) is 1.55. The highest BCUT2D eigenvalue weighted by atomic mass is 16.5. The minimum Gasteiger partial charge on any atom is -0.497 e. The standard InChI is InChI=1S/C28H28N2O3/c1-18-9-11-19(12-10-18)24-25(29-21-15-13-20(14-16-21)28(2,3)4)27(32)30(26(24)31)22-7-6-8-23(17-22)33-5/h6-17,29H,1-5H3. The number of carbonyl (C=O) groups is 2. The third-order valence-corrected chi connectivity index (χ3v) is 5.76. The van der Waals surface area contributed by atoms with E-state index in [1.165, 1.54) is 10.5 Å². The van der Waals surface area contributed by atoms with Gasteiger partial charge in [-0.3, -0.25) is 9.59 Å². The molecule has 1 aliphatic heterocycles. The number of ether oxygens (including phenoxy) is 1. The second-order valence-corrected chi connectivity index (χ2v) is 9.22. The van der Waals surface area contributed by atoms with Gasteiger partial charge in [0.1, 0.15) is 11.4 Å². The van der Waals surface area contributed by atoms with E-state index in [1.807, 2.05) is 55.5 Å². The normalized spacial score (nSPS) is 14.2. The van der Waals surface area contributed by atoms with Gasteiger partial charge in [0.15, 0.2) is 0 Å². The van der Waals surface area contributed by atoms with Gasteiger partial charge in [0.25, 0.3) is 11.8 Å². The van der Waals surface area contributed by atoms with Crippen molar-refractivity contribution in [3.63, 3.8) is 0 Å². The number of imide groups is 1. The first-order chi connectivity index (χ1) is 15.7. The third kappa shape index (κ3) is 4.40. The van der Waals surface area contributed by atoms with Gasteiger partial charge in [0.2, 0.25) is 0 Å². The molecular weight excluding hydrogens is 412 g/mol. The third-order valence-electron chi connectivity index (χ3n) is 5.76. The average molecular weight is 441 g/mol. The Kier molecular flexibility index (Phi) is 5.81. The maximum Gasteiger partial charge on any atom is 0.282 e. The Morgan fingerprint density at radius 2 is 1.52 bits per heavy atom. The summed E-state index contributed by atoms with van der Waals surface area (Å²) in [6.45, 7) is 8.44. The minimum absolute atomic E-state index is 0.0210. The van der Waals surface area contributed by atoms with Gasteiger partial charge in [-0.15, -0.1) is 0 Å². The Balaban J connectivity index is 1.77. The van der Waals surface area contributed by atoms with Crippen molar-refractivity contribution in [1.82, 2.24) is 0 Å². The van der Waals surface area contributed by atoms with Crippen LogP contribution in [0.4, 0.5) is 11.4 Å². The van der Waals surface area contributed by atoms with Crippen LogP contribution in [0.1, 0.15) is 37.5 Å². The van der Waals surface area contributed by atoms with Crippen LogP contribution in [0.15, 0.2) is 78.5 Å². The van der Waals surface area contributed by atoms with Crippen LogP contribution in [-0.4, -0.2) is 18.9 Å². The topological polar surface area (TPSA) is 58.6 Å². The maximum atomic E-state index is 13.6. The van der Waals surface area contributed by atoms with Gasteiger partial charge in [0, 0.05) is 11.8 Å². The highest BCUT2D eigenvalue weighted by Gasteiger charge is 2.40. The van der Waals surface area contributed by atoms with Crippen LogP contribution in [0, 0.1) is 6.92 Å². The molecule has 0 saturated carbocycles. The number of nitrogens with one attached hydrogen (secondary N) is 1. The first-order valence-electron chi connectivity index (χ1n) is 10.9. The molecule has 0 bridgehead atoms. The molecule has 0 atom stereocenters. The summed E-state index contributed by atoms with van der Waals surface area (Å²) in [6, 6.07) is 22.5. The number of aryl methyl sites for hydroxylation is 1. The molecule has 1 N–H and O–H groups in total. The second-order valence-electron chi connectivity index (χ2n) is 9.22. The number of amides is 2. The quantitative estimate of drug-likeness (QED) is 0.517. The summed E-state index contributed by atoms with van der Waals surface area (Å²) < 4.78 is 5.29. The summed E-state index contributed by atoms with van der Waals surface area (Å²) in [5.74, 6) is -0.196. The molecule has 4 rings (SSSR count). The van der Waals surface area contributed by atoms with Crippen LogP contribution in [0.25, 0.3) is 5.57 Å². The Hall–Kier alpha value is -3.86. The van der Waals surface area contributed by atoms with E-state index in [1.54, 1.807) is 31.4 Å². The Bertz CT molecular complexity index is 1230. The van der Waals surface area contributed by atoms with Crippen molar-refractivity contribution in [2.75, 3.05) is 17.3 Å². The van der Waals surface area contributed by atoms with E-state index in [2.05, 4.69) is 26.1 Å².